The molecule has 0 spiro atoms. The van der Waals surface area contributed by atoms with Crippen molar-refractivity contribution in [3.63, 3.8) is 0 Å². The van der Waals surface area contributed by atoms with Gasteiger partial charge in [-0.3, -0.25) is 0 Å². The van der Waals surface area contributed by atoms with E-state index in [-0.39, 0.29) is 6.61 Å². The molecule has 0 atom stereocenters. The van der Waals surface area contributed by atoms with E-state index < -0.39 is 0 Å². The Labute approximate surface area is 118 Å². The first kappa shape index (κ1) is 14.0. The molecule has 0 aromatic heterocycles. The Balaban J connectivity index is 1.90. The highest BCUT2D eigenvalue weighted by Crippen LogP contribution is 2.24. The summed E-state index contributed by atoms with van der Waals surface area (Å²) in [5.74, 6) is 1.86. The van der Waals surface area contributed by atoms with Gasteiger partial charge in [0.15, 0.2) is 0 Å². The molecule has 100 valence electrons. The second-order valence-electron chi connectivity index (χ2n) is 4.17. The van der Waals surface area contributed by atoms with E-state index in [2.05, 4.69) is 12.1 Å². The molecule has 0 fully saturated rings. The molecule has 0 bridgehead atoms. The van der Waals surface area contributed by atoms with Crippen molar-refractivity contribution in [1.82, 2.24) is 0 Å². The first-order valence-corrected chi connectivity index (χ1v) is 7.34. The largest absolute Gasteiger partial charge is 0.494 e. The van der Waals surface area contributed by atoms with E-state index in [1.165, 1.54) is 10.5 Å². The lowest BCUT2D eigenvalue weighted by Crippen LogP contribution is -1.91. The van der Waals surface area contributed by atoms with Gasteiger partial charge in [-0.25, -0.2) is 0 Å². The maximum atomic E-state index is 8.99. The van der Waals surface area contributed by atoms with Gasteiger partial charge in [-0.05, 0) is 42.3 Å². The molecule has 2 rings (SSSR count). The van der Waals surface area contributed by atoms with Crippen molar-refractivity contribution >= 4 is 11.8 Å². The lowest BCUT2D eigenvalue weighted by molar-refractivity contribution is 0.282. The maximum Gasteiger partial charge on any atom is 0.119 e. The second kappa shape index (κ2) is 7.22. The second-order valence-corrected chi connectivity index (χ2v) is 5.22. The number of ether oxygens (including phenoxy) is 1. The summed E-state index contributed by atoms with van der Waals surface area (Å²) in [6.45, 7) is 2.79. The first-order valence-electron chi connectivity index (χ1n) is 6.36. The van der Waals surface area contributed by atoms with E-state index in [1.54, 1.807) is 11.8 Å². The van der Waals surface area contributed by atoms with Gasteiger partial charge in [0.2, 0.25) is 0 Å². The summed E-state index contributed by atoms with van der Waals surface area (Å²) in [4.78, 5) is 1.21. The molecule has 1 N–H and O–H groups in total. The Hall–Kier alpha value is -1.45. The number of hydrogen-bond donors (Lipinski definition) is 1. The summed E-state index contributed by atoms with van der Waals surface area (Å²) in [7, 11) is 0. The fourth-order valence-corrected chi connectivity index (χ4v) is 2.56. The van der Waals surface area contributed by atoms with Gasteiger partial charge >= 0.3 is 0 Å². The number of aliphatic hydroxyl groups excluding tert-OH is 1. The van der Waals surface area contributed by atoms with Crippen LogP contribution in [-0.4, -0.2) is 11.7 Å². The normalized spacial score (nSPS) is 10.4. The zero-order valence-corrected chi connectivity index (χ0v) is 11.8. The van der Waals surface area contributed by atoms with Crippen molar-refractivity contribution in [3.8, 4) is 5.75 Å². The smallest absolute Gasteiger partial charge is 0.119 e. The molecule has 0 saturated heterocycles. The average molecular weight is 274 g/mol. The molecule has 3 heteroatoms. The van der Waals surface area contributed by atoms with Gasteiger partial charge in [-0.2, -0.15) is 0 Å². The van der Waals surface area contributed by atoms with Crippen LogP contribution >= 0.6 is 11.8 Å². The highest BCUT2D eigenvalue weighted by atomic mass is 32.2. The molecule has 19 heavy (non-hydrogen) atoms. The average Bonchev–Trinajstić information content (AvgIpc) is 2.47. The topological polar surface area (TPSA) is 29.5 Å². The number of benzene rings is 2. The van der Waals surface area contributed by atoms with Gasteiger partial charge < -0.3 is 9.84 Å². The Morgan fingerprint density at radius 1 is 0.947 bits per heavy atom. The van der Waals surface area contributed by atoms with Crippen LogP contribution in [0.3, 0.4) is 0 Å². The van der Waals surface area contributed by atoms with Gasteiger partial charge in [0.05, 0.1) is 13.2 Å². The number of aliphatic hydroxyl groups is 1. The zero-order valence-electron chi connectivity index (χ0n) is 11.0. The molecule has 2 aromatic rings. The molecular weight excluding hydrogens is 256 g/mol. The Morgan fingerprint density at radius 2 is 1.58 bits per heavy atom. The quantitative estimate of drug-likeness (QED) is 0.811. The van der Waals surface area contributed by atoms with Gasteiger partial charge in [0, 0.05) is 10.6 Å². The monoisotopic (exact) mass is 274 g/mol. The molecule has 0 aliphatic heterocycles. The summed E-state index contributed by atoms with van der Waals surface area (Å²) >= 11 is 1.79. The predicted octanol–water partition coefficient (Wildman–Crippen LogP) is 3.87. The van der Waals surface area contributed by atoms with Crippen molar-refractivity contribution in [1.29, 1.82) is 0 Å². The van der Waals surface area contributed by atoms with Gasteiger partial charge in [0.25, 0.3) is 0 Å². The van der Waals surface area contributed by atoms with E-state index in [9.17, 15) is 0 Å². The number of thioether (sulfide) groups is 1. The van der Waals surface area contributed by atoms with E-state index in [1.807, 2.05) is 43.3 Å². The zero-order chi connectivity index (χ0) is 13.5. The van der Waals surface area contributed by atoms with Crippen LogP contribution in [0.15, 0.2) is 53.4 Å². The predicted molar refractivity (Wildman–Crippen MR) is 79.5 cm³/mol. The number of hydrogen-bond acceptors (Lipinski definition) is 3. The first-order chi connectivity index (χ1) is 9.31. The third kappa shape index (κ3) is 4.30. The summed E-state index contributed by atoms with van der Waals surface area (Å²) in [6, 6.07) is 16.2. The summed E-state index contributed by atoms with van der Waals surface area (Å²) in [6.07, 6.45) is 0. The fraction of sp³-hybridized carbons (Fsp3) is 0.250. The van der Waals surface area contributed by atoms with Crippen molar-refractivity contribution in [2.45, 2.75) is 24.2 Å². The Kier molecular flexibility index (Phi) is 5.31. The highest BCUT2D eigenvalue weighted by molar-refractivity contribution is 7.98. The van der Waals surface area contributed by atoms with E-state index in [0.29, 0.717) is 6.61 Å². The van der Waals surface area contributed by atoms with Crippen molar-refractivity contribution < 1.29 is 9.84 Å². The van der Waals surface area contributed by atoms with Crippen molar-refractivity contribution in [2.75, 3.05) is 6.61 Å². The summed E-state index contributed by atoms with van der Waals surface area (Å²) in [5, 5.41) is 8.99. The lowest BCUT2D eigenvalue weighted by Gasteiger charge is -2.05. The molecule has 0 heterocycles. The van der Waals surface area contributed by atoms with Crippen LogP contribution in [0, 0.1) is 0 Å². The van der Waals surface area contributed by atoms with Crippen LogP contribution in [0.5, 0.6) is 5.75 Å². The minimum absolute atomic E-state index is 0.101. The molecule has 0 amide bonds. The molecule has 0 radical (unpaired) electrons. The highest BCUT2D eigenvalue weighted by Gasteiger charge is 1.98. The number of rotatable bonds is 6. The Morgan fingerprint density at radius 3 is 2.16 bits per heavy atom. The molecular formula is C16H18O2S. The van der Waals surface area contributed by atoms with Crippen molar-refractivity contribution in [2.24, 2.45) is 0 Å². The molecule has 0 aliphatic carbocycles. The third-order valence-corrected chi connectivity index (χ3v) is 3.83. The van der Waals surface area contributed by atoms with Crippen LogP contribution in [0.4, 0.5) is 0 Å². The third-order valence-electron chi connectivity index (χ3n) is 2.75. The van der Waals surface area contributed by atoms with E-state index >= 15 is 0 Å². The van der Waals surface area contributed by atoms with Gasteiger partial charge in [0.1, 0.15) is 5.75 Å². The van der Waals surface area contributed by atoms with Gasteiger partial charge in [-0.1, -0.05) is 24.3 Å². The van der Waals surface area contributed by atoms with Crippen LogP contribution in [-0.2, 0) is 12.4 Å². The van der Waals surface area contributed by atoms with Crippen molar-refractivity contribution in [3.05, 3.63) is 59.7 Å². The van der Waals surface area contributed by atoms with Crippen LogP contribution in [0.25, 0.3) is 0 Å². The summed E-state index contributed by atoms with van der Waals surface area (Å²) in [5.41, 5.74) is 2.23. The standard InChI is InChI=1S/C16H18O2S/c1-2-18-15-7-3-14(4-8-15)12-19-16-9-5-13(11-17)6-10-16/h3-10,17H,2,11-12H2,1H3. The van der Waals surface area contributed by atoms with E-state index in [4.69, 9.17) is 9.84 Å². The molecule has 2 nitrogen and oxygen atoms in total. The molecule has 0 saturated carbocycles. The minimum Gasteiger partial charge on any atom is -0.494 e. The molecule has 0 unspecified atom stereocenters. The molecule has 2 aromatic carbocycles. The van der Waals surface area contributed by atoms with E-state index in [0.717, 1.165) is 17.1 Å². The maximum absolute atomic E-state index is 8.99. The van der Waals surface area contributed by atoms with Crippen LogP contribution in [0.1, 0.15) is 18.1 Å². The van der Waals surface area contributed by atoms with Crippen LogP contribution in [0.2, 0.25) is 0 Å². The minimum atomic E-state index is 0.101. The molecule has 0 aliphatic rings. The van der Waals surface area contributed by atoms with Gasteiger partial charge in [-0.15, -0.1) is 11.8 Å². The Bertz CT molecular complexity index is 491. The lowest BCUT2D eigenvalue weighted by atomic mass is 10.2. The summed E-state index contributed by atoms with van der Waals surface area (Å²) < 4.78 is 5.42. The van der Waals surface area contributed by atoms with Crippen LogP contribution < -0.4 is 4.74 Å². The SMILES string of the molecule is CCOc1ccc(CSc2ccc(CO)cc2)cc1. The fourth-order valence-electron chi connectivity index (χ4n) is 1.71.